The Morgan fingerprint density at radius 2 is 1.22 bits per heavy atom. The van der Waals surface area contributed by atoms with Crippen molar-refractivity contribution in [1.82, 2.24) is 14.5 Å². The smallest absolute Gasteiger partial charge is 0.232 e. The van der Waals surface area contributed by atoms with Gasteiger partial charge in [0.2, 0.25) is 11.3 Å². The van der Waals surface area contributed by atoms with Gasteiger partial charge in [-0.2, -0.15) is 0 Å². The predicted octanol–water partition coefficient (Wildman–Crippen LogP) is 4.25. The van der Waals surface area contributed by atoms with Gasteiger partial charge >= 0.3 is 0 Å². The zero-order valence-corrected chi connectivity index (χ0v) is 19.0. The van der Waals surface area contributed by atoms with Crippen molar-refractivity contribution in [3.63, 3.8) is 0 Å². The molecule has 1 fully saturated rings. The zero-order chi connectivity index (χ0) is 22.2. The molecule has 1 aliphatic heterocycles. The number of nitrogens with one attached hydrogen (secondary N) is 1. The van der Waals surface area contributed by atoms with E-state index in [4.69, 9.17) is 0 Å². The third-order valence-electron chi connectivity index (χ3n) is 6.18. The molecule has 6 heteroatoms. The van der Waals surface area contributed by atoms with Crippen LogP contribution in [0, 0.1) is 0 Å². The van der Waals surface area contributed by atoms with E-state index in [1.54, 1.807) is 0 Å². The fraction of sp³-hybridized carbons (Fsp3) is 0.308. The Bertz CT molecular complexity index is 925. The number of benzene rings is 3. The van der Waals surface area contributed by atoms with E-state index in [9.17, 15) is 8.76 Å². The molecule has 2 atom stereocenters. The normalized spacial score (nSPS) is 17.3. The van der Waals surface area contributed by atoms with Gasteiger partial charge in [-0.15, -0.1) is 0 Å². The summed E-state index contributed by atoms with van der Waals surface area (Å²) in [6.45, 7) is 4.84. The molecule has 0 spiro atoms. The summed E-state index contributed by atoms with van der Waals surface area (Å²) in [5, 5.41) is 0. The van der Waals surface area contributed by atoms with Crippen molar-refractivity contribution in [2.45, 2.75) is 18.5 Å². The maximum atomic E-state index is 11.4. The van der Waals surface area contributed by atoms with Gasteiger partial charge in [0.15, 0.2) is 0 Å². The van der Waals surface area contributed by atoms with E-state index in [1.807, 2.05) is 30.3 Å². The first-order chi connectivity index (χ1) is 15.7. The van der Waals surface area contributed by atoms with Crippen LogP contribution in [0.4, 0.5) is 0 Å². The molecule has 0 bridgehead atoms. The molecule has 32 heavy (non-hydrogen) atoms. The molecule has 1 aliphatic rings. The van der Waals surface area contributed by atoms with Crippen molar-refractivity contribution >= 4 is 11.3 Å². The summed E-state index contributed by atoms with van der Waals surface area (Å²) < 4.78 is 23.6. The average molecular weight is 450 g/mol. The van der Waals surface area contributed by atoms with Crippen LogP contribution in [0.2, 0.25) is 0 Å². The van der Waals surface area contributed by atoms with Crippen LogP contribution in [0.25, 0.3) is 0 Å². The van der Waals surface area contributed by atoms with Gasteiger partial charge in [0.25, 0.3) is 0 Å². The van der Waals surface area contributed by atoms with Crippen molar-refractivity contribution in [2.75, 3.05) is 32.7 Å². The number of hydrogen-bond donors (Lipinski definition) is 2. The van der Waals surface area contributed by atoms with Gasteiger partial charge in [0.1, 0.15) is 0 Å². The SMILES string of the molecule is O=S(O)NC(CCN1CCN(C(c2ccccc2)c2ccccc2)CC1)c1ccccc1. The van der Waals surface area contributed by atoms with Crippen LogP contribution in [-0.2, 0) is 11.3 Å². The van der Waals surface area contributed by atoms with E-state index in [0.717, 1.165) is 44.7 Å². The number of rotatable bonds is 9. The van der Waals surface area contributed by atoms with Crippen molar-refractivity contribution in [3.05, 3.63) is 108 Å². The molecule has 0 saturated carbocycles. The van der Waals surface area contributed by atoms with Gasteiger partial charge in [-0.05, 0) is 23.1 Å². The minimum absolute atomic E-state index is 0.138. The Labute approximate surface area is 193 Å². The van der Waals surface area contributed by atoms with Crippen molar-refractivity contribution < 1.29 is 8.76 Å². The van der Waals surface area contributed by atoms with E-state index in [-0.39, 0.29) is 12.1 Å². The molecule has 5 nitrogen and oxygen atoms in total. The number of hydrogen-bond acceptors (Lipinski definition) is 3. The quantitative estimate of drug-likeness (QED) is 0.480. The van der Waals surface area contributed by atoms with Crippen LogP contribution in [0.5, 0.6) is 0 Å². The van der Waals surface area contributed by atoms with Crippen molar-refractivity contribution in [1.29, 1.82) is 0 Å². The van der Waals surface area contributed by atoms with Gasteiger partial charge in [0, 0.05) is 38.8 Å². The van der Waals surface area contributed by atoms with Gasteiger partial charge < -0.3 is 4.90 Å². The van der Waals surface area contributed by atoms with Crippen molar-refractivity contribution in [2.24, 2.45) is 0 Å². The Morgan fingerprint density at radius 3 is 1.69 bits per heavy atom. The zero-order valence-electron chi connectivity index (χ0n) is 18.2. The monoisotopic (exact) mass is 449 g/mol. The molecule has 2 N–H and O–H groups in total. The second kappa shape index (κ2) is 11.5. The fourth-order valence-electron chi connectivity index (χ4n) is 4.54. The molecule has 3 aromatic rings. The standard InChI is InChI=1S/C26H31N3O2S/c30-32(31)27-25(22-10-4-1-5-11-22)16-17-28-18-20-29(21-19-28)26(23-12-6-2-7-13-23)24-14-8-3-9-15-24/h1-15,25-27H,16-21H2,(H,30,31). The molecule has 2 unspecified atom stereocenters. The van der Waals surface area contributed by atoms with Crippen LogP contribution in [0.3, 0.4) is 0 Å². The van der Waals surface area contributed by atoms with E-state index >= 15 is 0 Å². The van der Waals surface area contributed by atoms with E-state index in [2.05, 4.69) is 75.2 Å². The average Bonchev–Trinajstić information content (AvgIpc) is 2.84. The highest BCUT2D eigenvalue weighted by atomic mass is 32.2. The minimum atomic E-state index is -2.03. The lowest BCUT2D eigenvalue weighted by Gasteiger charge is -2.40. The molecule has 1 heterocycles. The fourth-order valence-corrected chi connectivity index (χ4v) is 5.04. The first kappa shape index (κ1) is 22.8. The van der Waals surface area contributed by atoms with Crippen molar-refractivity contribution in [3.8, 4) is 0 Å². The molecule has 1 saturated heterocycles. The first-order valence-electron chi connectivity index (χ1n) is 11.2. The van der Waals surface area contributed by atoms with Crippen LogP contribution in [-0.4, -0.2) is 51.3 Å². The third-order valence-corrected chi connectivity index (χ3v) is 6.67. The van der Waals surface area contributed by atoms with Crippen LogP contribution < -0.4 is 4.72 Å². The van der Waals surface area contributed by atoms with E-state index < -0.39 is 11.3 Å². The first-order valence-corrected chi connectivity index (χ1v) is 12.3. The van der Waals surface area contributed by atoms with Crippen LogP contribution >= 0.6 is 0 Å². The second-order valence-corrected chi connectivity index (χ2v) is 8.95. The highest BCUT2D eigenvalue weighted by Gasteiger charge is 2.26. The van der Waals surface area contributed by atoms with Gasteiger partial charge in [-0.3, -0.25) is 9.45 Å². The molecule has 0 radical (unpaired) electrons. The van der Waals surface area contributed by atoms with E-state index in [1.165, 1.54) is 11.1 Å². The molecule has 168 valence electrons. The topological polar surface area (TPSA) is 55.8 Å². The summed E-state index contributed by atoms with van der Waals surface area (Å²) >= 11 is -2.03. The lowest BCUT2D eigenvalue weighted by atomic mass is 9.96. The summed E-state index contributed by atoms with van der Waals surface area (Å²) in [5.41, 5.74) is 3.69. The van der Waals surface area contributed by atoms with Crippen LogP contribution in [0.1, 0.15) is 35.2 Å². The summed E-state index contributed by atoms with van der Waals surface area (Å²) in [6, 6.07) is 31.5. The summed E-state index contributed by atoms with van der Waals surface area (Å²) in [5.74, 6) is 0. The molecular formula is C26H31N3O2S. The number of nitrogens with zero attached hydrogens (tertiary/aromatic N) is 2. The molecule has 0 aromatic heterocycles. The predicted molar refractivity (Wildman–Crippen MR) is 130 cm³/mol. The Hall–Kier alpha value is -2.35. The molecule has 3 aromatic carbocycles. The largest absolute Gasteiger partial charge is 0.301 e. The summed E-state index contributed by atoms with van der Waals surface area (Å²) in [6.07, 6.45) is 0.789. The molecule has 0 amide bonds. The second-order valence-electron chi connectivity index (χ2n) is 8.22. The maximum Gasteiger partial charge on any atom is 0.232 e. The van der Waals surface area contributed by atoms with Gasteiger partial charge in [-0.25, -0.2) is 8.93 Å². The highest BCUT2D eigenvalue weighted by Crippen LogP contribution is 2.29. The third kappa shape index (κ3) is 6.12. The van der Waals surface area contributed by atoms with Gasteiger partial charge in [-0.1, -0.05) is 91.0 Å². The van der Waals surface area contributed by atoms with Crippen LogP contribution in [0.15, 0.2) is 91.0 Å². The summed E-state index contributed by atoms with van der Waals surface area (Å²) in [7, 11) is 0. The Morgan fingerprint density at radius 1 is 0.750 bits per heavy atom. The summed E-state index contributed by atoms with van der Waals surface area (Å²) in [4.78, 5) is 5.03. The molecular weight excluding hydrogens is 418 g/mol. The Balaban J connectivity index is 1.39. The Kier molecular flexibility index (Phi) is 8.20. The van der Waals surface area contributed by atoms with Gasteiger partial charge in [0.05, 0.1) is 6.04 Å². The lowest BCUT2D eigenvalue weighted by molar-refractivity contribution is 0.107. The molecule has 4 rings (SSSR count). The molecule has 0 aliphatic carbocycles. The number of piperazine rings is 1. The van der Waals surface area contributed by atoms with E-state index in [0.29, 0.717) is 0 Å². The maximum absolute atomic E-state index is 11.4. The lowest BCUT2D eigenvalue weighted by Crippen LogP contribution is -2.48. The highest BCUT2D eigenvalue weighted by molar-refractivity contribution is 7.77. The minimum Gasteiger partial charge on any atom is -0.301 e.